The Bertz CT molecular complexity index is 782. The van der Waals surface area contributed by atoms with Crippen molar-refractivity contribution in [1.82, 2.24) is 0 Å². The number of hydrogen-bond acceptors (Lipinski definition) is 0. The molecular formula is C20H14. The summed E-state index contributed by atoms with van der Waals surface area (Å²) in [5, 5.41) is 0. The van der Waals surface area contributed by atoms with Crippen molar-refractivity contribution >= 4 is 0 Å². The second kappa shape index (κ2) is 4.50. The van der Waals surface area contributed by atoms with Crippen molar-refractivity contribution in [3.8, 4) is 33.4 Å². The van der Waals surface area contributed by atoms with Gasteiger partial charge in [-0.3, -0.25) is 0 Å². The lowest BCUT2D eigenvalue weighted by atomic mass is 10.0. The summed E-state index contributed by atoms with van der Waals surface area (Å²) in [5.41, 5.74) is 7.71. The second-order valence-electron chi connectivity index (χ2n) is 5.09. The maximum Gasteiger partial charge on any atom is -0.0105 e. The van der Waals surface area contributed by atoms with E-state index < -0.39 is 0 Å². The summed E-state index contributed by atoms with van der Waals surface area (Å²) >= 11 is 0. The van der Waals surface area contributed by atoms with Crippen LogP contribution >= 0.6 is 0 Å². The predicted molar refractivity (Wildman–Crippen MR) is 85.1 cm³/mol. The van der Waals surface area contributed by atoms with Gasteiger partial charge in [-0.2, -0.15) is 0 Å². The summed E-state index contributed by atoms with van der Waals surface area (Å²) in [6, 6.07) is 30.3. The first kappa shape index (κ1) is 11.2. The van der Waals surface area contributed by atoms with Crippen LogP contribution in [0.2, 0.25) is 0 Å². The number of fused-ring (bicyclic) bond motifs is 2. The molecule has 0 amide bonds. The highest BCUT2D eigenvalue weighted by Crippen LogP contribution is 2.34. The van der Waals surface area contributed by atoms with Crippen molar-refractivity contribution in [1.29, 1.82) is 0 Å². The van der Waals surface area contributed by atoms with E-state index in [0.29, 0.717) is 0 Å². The minimum Gasteiger partial charge on any atom is -0.0616 e. The molecule has 4 aliphatic carbocycles. The molecule has 20 heavy (non-hydrogen) atoms. The first-order valence-electron chi connectivity index (χ1n) is 6.89. The molecule has 0 aliphatic heterocycles. The van der Waals surface area contributed by atoms with Crippen LogP contribution in [0.1, 0.15) is 0 Å². The molecule has 0 heterocycles. The molecule has 0 radical (unpaired) electrons. The SMILES string of the molecule is c1cc2ccc(-c3ccccc4cccc3-4)ccc-2c1. The molecule has 4 aliphatic rings. The Balaban J connectivity index is 1.97. The highest BCUT2D eigenvalue weighted by atomic mass is 14.1. The van der Waals surface area contributed by atoms with Gasteiger partial charge < -0.3 is 0 Å². The Morgan fingerprint density at radius 2 is 0.700 bits per heavy atom. The molecular weight excluding hydrogens is 240 g/mol. The van der Waals surface area contributed by atoms with Crippen molar-refractivity contribution in [3.05, 3.63) is 84.9 Å². The fourth-order valence-electron chi connectivity index (χ4n) is 2.82. The molecule has 0 heteroatoms. The van der Waals surface area contributed by atoms with E-state index in [-0.39, 0.29) is 0 Å². The Morgan fingerprint density at radius 3 is 1.45 bits per heavy atom. The average molecular weight is 254 g/mol. The van der Waals surface area contributed by atoms with Gasteiger partial charge in [-0.15, -0.1) is 0 Å². The largest absolute Gasteiger partial charge is 0.0616 e. The van der Waals surface area contributed by atoms with Crippen molar-refractivity contribution in [2.45, 2.75) is 0 Å². The van der Waals surface area contributed by atoms with Gasteiger partial charge in [0.05, 0.1) is 0 Å². The van der Waals surface area contributed by atoms with Gasteiger partial charge in [0.2, 0.25) is 0 Å². The summed E-state index contributed by atoms with van der Waals surface area (Å²) in [6.07, 6.45) is 0. The van der Waals surface area contributed by atoms with E-state index in [0.717, 1.165) is 0 Å². The lowest BCUT2D eigenvalue weighted by molar-refractivity contribution is 1.72. The molecule has 0 atom stereocenters. The molecule has 0 N–H and O–H groups in total. The van der Waals surface area contributed by atoms with Crippen LogP contribution in [0, 0.1) is 0 Å². The molecule has 0 saturated carbocycles. The summed E-state index contributed by atoms with van der Waals surface area (Å²) in [4.78, 5) is 0. The zero-order valence-electron chi connectivity index (χ0n) is 11.1. The molecule has 0 bridgehead atoms. The standard InChI is InChI=1S/C20H14/c1-2-9-19(20-10-4-8-17(20)5-1)18-13-11-15-6-3-7-16(15)12-14-18/h1-14H. The molecule has 0 saturated heterocycles. The van der Waals surface area contributed by atoms with E-state index in [1.807, 2.05) is 0 Å². The third-order valence-electron chi connectivity index (χ3n) is 3.87. The van der Waals surface area contributed by atoms with Gasteiger partial charge in [0.1, 0.15) is 0 Å². The topological polar surface area (TPSA) is 0 Å². The van der Waals surface area contributed by atoms with E-state index >= 15 is 0 Å². The van der Waals surface area contributed by atoms with Crippen LogP contribution in [0.25, 0.3) is 33.4 Å². The first-order valence-corrected chi connectivity index (χ1v) is 6.89. The van der Waals surface area contributed by atoms with Gasteiger partial charge in [-0.05, 0) is 33.4 Å². The van der Waals surface area contributed by atoms with Crippen molar-refractivity contribution in [3.63, 3.8) is 0 Å². The van der Waals surface area contributed by atoms with Crippen LogP contribution in [0.5, 0.6) is 0 Å². The zero-order chi connectivity index (χ0) is 13.4. The molecule has 0 aromatic heterocycles. The van der Waals surface area contributed by atoms with Gasteiger partial charge >= 0.3 is 0 Å². The summed E-state index contributed by atoms with van der Waals surface area (Å²) in [6.45, 7) is 0. The minimum absolute atomic E-state index is 1.26. The maximum atomic E-state index is 2.21. The third kappa shape index (κ3) is 1.78. The number of rotatable bonds is 1. The Hall–Kier alpha value is -2.60. The highest BCUT2D eigenvalue weighted by molar-refractivity contribution is 5.85. The van der Waals surface area contributed by atoms with Gasteiger partial charge in [0.25, 0.3) is 0 Å². The van der Waals surface area contributed by atoms with Gasteiger partial charge in [0.15, 0.2) is 0 Å². The maximum absolute atomic E-state index is 2.21. The normalized spacial score (nSPS) is 11.0. The highest BCUT2D eigenvalue weighted by Gasteiger charge is 2.08. The van der Waals surface area contributed by atoms with Gasteiger partial charge in [-0.25, -0.2) is 0 Å². The first-order chi connectivity index (χ1) is 9.92. The van der Waals surface area contributed by atoms with Crippen LogP contribution in [-0.2, 0) is 0 Å². The van der Waals surface area contributed by atoms with Crippen LogP contribution in [0.15, 0.2) is 84.9 Å². The Kier molecular flexibility index (Phi) is 2.53. The monoisotopic (exact) mass is 254 g/mol. The number of hydrogen-bond donors (Lipinski definition) is 0. The molecule has 0 fully saturated rings. The fourth-order valence-corrected chi connectivity index (χ4v) is 2.82. The molecule has 0 unspecified atom stereocenters. The van der Waals surface area contributed by atoms with Crippen LogP contribution in [0.4, 0.5) is 0 Å². The van der Waals surface area contributed by atoms with Gasteiger partial charge in [0, 0.05) is 0 Å². The van der Waals surface area contributed by atoms with Gasteiger partial charge in [-0.1, -0.05) is 84.9 Å². The summed E-state index contributed by atoms with van der Waals surface area (Å²) < 4.78 is 0. The molecule has 0 aromatic rings. The zero-order valence-corrected chi connectivity index (χ0v) is 11.1. The van der Waals surface area contributed by atoms with Crippen molar-refractivity contribution in [2.75, 3.05) is 0 Å². The Labute approximate surface area is 119 Å². The minimum atomic E-state index is 1.26. The molecule has 0 nitrogen and oxygen atoms in total. The quantitative estimate of drug-likeness (QED) is 0.417. The van der Waals surface area contributed by atoms with Crippen LogP contribution in [-0.4, -0.2) is 0 Å². The Morgan fingerprint density at radius 1 is 0.300 bits per heavy atom. The van der Waals surface area contributed by atoms with E-state index in [4.69, 9.17) is 0 Å². The second-order valence-corrected chi connectivity index (χ2v) is 5.09. The molecule has 94 valence electrons. The van der Waals surface area contributed by atoms with E-state index in [2.05, 4.69) is 84.9 Å². The van der Waals surface area contributed by atoms with E-state index in [1.54, 1.807) is 0 Å². The average Bonchev–Trinajstić information content (AvgIpc) is 3.01. The lowest BCUT2D eigenvalue weighted by Gasteiger charge is -2.02. The summed E-state index contributed by atoms with van der Waals surface area (Å²) in [5.74, 6) is 0. The molecule has 4 rings (SSSR count). The fraction of sp³-hybridized carbons (Fsp3) is 0. The van der Waals surface area contributed by atoms with Crippen molar-refractivity contribution in [2.24, 2.45) is 0 Å². The molecule has 0 spiro atoms. The lowest BCUT2D eigenvalue weighted by Crippen LogP contribution is -1.75. The van der Waals surface area contributed by atoms with Crippen LogP contribution < -0.4 is 0 Å². The predicted octanol–water partition coefficient (Wildman–Crippen LogP) is 5.56. The third-order valence-corrected chi connectivity index (χ3v) is 3.87. The van der Waals surface area contributed by atoms with Crippen molar-refractivity contribution < 1.29 is 0 Å². The smallest absolute Gasteiger partial charge is 0.0105 e. The molecule has 0 aromatic carbocycles. The van der Waals surface area contributed by atoms with E-state index in [1.165, 1.54) is 33.4 Å². The van der Waals surface area contributed by atoms with E-state index in [9.17, 15) is 0 Å². The summed E-state index contributed by atoms with van der Waals surface area (Å²) in [7, 11) is 0. The van der Waals surface area contributed by atoms with Crippen LogP contribution in [0.3, 0.4) is 0 Å².